The summed E-state index contributed by atoms with van der Waals surface area (Å²) in [7, 11) is 0. The fourth-order valence-corrected chi connectivity index (χ4v) is 3.15. The van der Waals surface area contributed by atoms with Crippen LogP contribution in [0.5, 0.6) is 0 Å². The van der Waals surface area contributed by atoms with Gasteiger partial charge < -0.3 is 5.32 Å². The van der Waals surface area contributed by atoms with Gasteiger partial charge in [-0.15, -0.1) is 0 Å². The molecular weight excluding hydrogens is 350 g/mol. The highest BCUT2D eigenvalue weighted by Crippen LogP contribution is 2.24. The SMILES string of the molecule is O=C(NC1CCc2ccccc2C1)c1ccc(Br)c(Cl)c1. The van der Waals surface area contributed by atoms with Gasteiger partial charge in [0.05, 0.1) is 5.02 Å². The van der Waals surface area contributed by atoms with E-state index in [9.17, 15) is 4.79 Å². The number of hydrogen-bond donors (Lipinski definition) is 1. The van der Waals surface area contributed by atoms with Crippen molar-refractivity contribution in [2.75, 3.05) is 0 Å². The summed E-state index contributed by atoms with van der Waals surface area (Å²) in [6, 6.07) is 13.9. The van der Waals surface area contributed by atoms with E-state index in [0.29, 0.717) is 10.6 Å². The lowest BCUT2D eigenvalue weighted by Crippen LogP contribution is -2.38. The monoisotopic (exact) mass is 363 g/mol. The molecular formula is C17H15BrClNO. The number of hydrogen-bond acceptors (Lipinski definition) is 1. The summed E-state index contributed by atoms with van der Waals surface area (Å²) in [6.45, 7) is 0. The Balaban J connectivity index is 1.70. The maximum atomic E-state index is 12.3. The predicted molar refractivity (Wildman–Crippen MR) is 88.9 cm³/mol. The van der Waals surface area contributed by atoms with Crippen molar-refractivity contribution in [1.29, 1.82) is 0 Å². The second-order valence-electron chi connectivity index (χ2n) is 5.31. The van der Waals surface area contributed by atoms with Crippen molar-refractivity contribution in [1.82, 2.24) is 5.32 Å². The Hall–Kier alpha value is -1.32. The van der Waals surface area contributed by atoms with Gasteiger partial charge in [0.2, 0.25) is 0 Å². The van der Waals surface area contributed by atoms with Crippen LogP contribution in [0.15, 0.2) is 46.9 Å². The van der Waals surface area contributed by atoms with Crippen molar-refractivity contribution < 1.29 is 4.79 Å². The molecule has 1 aliphatic rings. The summed E-state index contributed by atoms with van der Waals surface area (Å²) >= 11 is 9.37. The van der Waals surface area contributed by atoms with Crippen molar-refractivity contribution in [3.8, 4) is 0 Å². The minimum atomic E-state index is -0.0613. The molecule has 0 aliphatic heterocycles. The van der Waals surface area contributed by atoms with Gasteiger partial charge in [0.15, 0.2) is 0 Å². The highest BCUT2D eigenvalue weighted by Gasteiger charge is 2.20. The average Bonchev–Trinajstić information content (AvgIpc) is 2.50. The minimum Gasteiger partial charge on any atom is -0.349 e. The van der Waals surface area contributed by atoms with E-state index in [1.807, 2.05) is 0 Å². The van der Waals surface area contributed by atoms with Crippen LogP contribution in [0.3, 0.4) is 0 Å². The molecule has 0 saturated carbocycles. The summed E-state index contributed by atoms with van der Waals surface area (Å²) in [5.41, 5.74) is 3.33. The van der Waals surface area contributed by atoms with Crippen LogP contribution >= 0.6 is 27.5 Å². The number of carbonyl (C=O) groups is 1. The van der Waals surface area contributed by atoms with Crippen molar-refractivity contribution in [2.24, 2.45) is 0 Å². The van der Waals surface area contributed by atoms with Crippen LogP contribution in [-0.4, -0.2) is 11.9 Å². The molecule has 0 radical (unpaired) electrons. The van der Waals surface area contributed by atoms with E-state index in [-0.39, 0.29) is 11.9 Å². The largest absolute Gasteiger partial charge is 0.349 e. The third-order valence-corrected chi connectivity index (χ3v) is 5.10. The first kappa shape index (κ1) is 14.6. The number of benzene rings is 2. The lowest BCUT2D eigenvalue weighted by Gasteiger charge is -2.25. The Labute approximate surface area is 137 Å². The molecule has 0 aromatic heterocycles. The Kier molecular flexibility index (Phi) is 4.32. The molecule has 1 amide bonds. The first-order valence-corrected chi connectivity index (χ1v) is 8.13. The molecule has 3 rings (SSSR count). The molecule has 2 aromatic carbocycles. The number of fused-ring (bicyclic) bond motifs is 1. The van der Waals surface area contributed by atoms with E-state index in [1.165, 1.54) is 11.1 Å². The second kappa shape index (κ2) is 6.20. The van der Waals surface area contributed by atoms with Gasteiger partial charge in [-0.25, -0.2) is 0 Å². The van der Waals surface area contributed by atoms with Gasteiger partial charge in [0, 0.05) is 16.1 Å². The van der Waals surface area contributed by atoms with Crippen molar-refractivity contribution in [3.05, 3.63) is 68.7 Å². The van der Waals surface area contributed by atoms with Crippen LogP contribution in [0.4, 0.5) is 0 Å². The summed E-state index contributed by atoms with van der Waals surface area (Å²) < 4.78 is 0.798. The Bertz CT molecular complexity index is 686. The van der Waals surface area contributed by atoms with Gasteiger partial charge in [-0.1, -0.05) is 35.9 Å². The van der Waals surface area contributed by atoms with Gasteiger partial charge >= 0.3 is 0 Å². The zero-order chi connectivity index (χ0) is 14.8. The molecule has 2 nitrogen and oxygen atoms in total. The van der Waals surface area contributed by atoms with Crippen molar-refractivity contribution in [2.45, 2.75) is 25.3 Å². The fourth-order valence-electron chi connectivity index (χ4n) is 2.73. The molecule has 1 N–H and O–H groups in total. The molecule has 0 heterocycles. The van der Waals surface area contributed by atoms with E-state index in [2.05, 4.69) is 45.5 Å². The number of halogens is 2. The lowest BCUT2D eigenvalue weighted by molar-refractivity contribution is 0.0933. The quantitative estimate of drug-likeness (QED) is 0.841. The first-order chi connectivity index (χ1) is 10.1. The van der Waals surface area contributed by atoms with Gasteiger partial charge in [-0.2, -0.15) is 0 Å². The van der Waals surface area contributed by atoms with Crippen LogP contribution in [0, 0.1) is 0 Å². The Morgan fingerprint density at radius 1 is 1.19 bits per heavy atom. The van der Waals surface area contributed by atoms with E-state index in [4.69, 9.17) is 11.6 Å². The zero-order valence-electron chi connectivity index (χ0n) is 11.4. The molecule has 0 bridgehead atoms. The van der Waals surface area contributed by atoms with Crippen molar-refractivity contribution in [3.63, 3.8) is 0 Å². The molecule has 108 valence electrons. The van der Waals surface area contributed by atoms with Crippen molar-refractivity contribution >= 4 is 33.4 Å². The molecule has 1 unspecified atom stereocenters. The van der Waals surface area contributed by atoms with E-state index >= 15 is 0 Å². The van der Waals surface area contributed by atoms with Crippen LogP contribution in [-0.2, 0) is 12.8 Å². The second-order valence-corrected chi connectivity index (χ2v) is 6.57. The maximum absolute atomic E-state index is 12.3. The standard InChI is InChI=1S/C17H15BrClNO/c18-15-8-6-13(10-16(15)19)17(21)20-14-7-5-11-3-1-2-4-12(11)9-14/h1-4,6,8,10,14H,5,7,9H2,(H,20,21). The molecule has 21 heavy (non-hydrogen) atoms. The van der Waals surface area contributed by atoms with Gasteiger partial charge in [0.1, 0.15) is 0 Å². The minimum absolute atomic E-state index is 0.0613. The summed E-state index contributed by atoms with van der Waals surface area (Å²) in [6.07, 6.45) is 2.89. The van der Waals surface area contributed by atoms with E-state index < -0.39 is 0 Å². The highest BCUT2D eigenvalue weighted by molar-refractivity contribution is 9.10. The highest BCUT2D eigenvalue weighted by atomic mass is 79.9. The molecule has 0 spiro atoms. The summed E-state index contributed by atoms with van der Waals surface area (Å²) in [5, 5.41) is 3.66. The summed E-state index contributed by atoms with van der Waals surface area (Å²) in [5.74, 6) is -0.0613. The lowest BCUT2D eigenvalue weighted by atomic mass is 9.88. The smallest absolute Gasteiger partial charge is 0.251 e. The molecule has 2 aromatic rings. The third-order valence-electron chi connectivity index (χ3n) is 3.86. The van der Waals surface area contributed by atoms with E-state index in [1.54, 1.807) is 18.2 Å². The third kappa shape index (κ3) is 3.30. The number of amides is 1. The molecule has 4 heteroatoms. The Morgan fingerprint density at radius 3 is 2.71 bits per heavy atom. The fraction of sp³-hybridized carbons (Fsp3) is 0.235. The zero-order valence-corrected chi connectivity index (χ0v) is 13.7. The normalized spacial score (nSPS) is 17.1. The van der Waals surface area contributed by atoms with E-state index in [0.717, 1.165) is 23.7 Å². The first-order valence-electron chi connectivity index (χ1n) is 6.96. The molecule has 0 saturated heterocycles. The van der Waals surface area contributed by atoms with Crippen LogP contribution in [0.2, 0.25) is 5.02 Å². The number of nitrogens with one attached hydrogen (secondary N) is 1. The summed E-state index contributed by atoms with van der Waals surface area (Å²) in [4.78, 5) is 12.3. The number of carbonyl (C=O) groups excluding carboxylic acids is 1. The number of rotatable bonds is 2. The topological polar surface area (TPSA) is 29.1 Å². The van der Waals surface area contributed by atoms with Gasteiger partial charge in [-0.3, -0.25) is 4.79 Å². The molecule has 1 aliphatic carbocycles. The van der Waals surface area contributed by atoms with Crippen LogP contribution < -0.4 is 5.32 Å². The van der Waals surface area contributed by atoms with Crippen LogP contribution in [0.1, 0.15) is 27.9 Å². The molecule has 0 fully saturated rings. The van der Waals surface area contributed by atoms with Crippen LogP contribution in [0.25, 0.3) is 0 Å². The van der Waals surface area contributed by atoms with Gasteiger partial charge in [0.25, 0.3) is 5.91 Å². The average molecular weight is 365 g/mol. The Morgan fingerprint density at radius 2 is 1.95 bits per heavy atom. The maximum Gasteiger partial charge on any atom is 0.251 e. The molecule has 1 atom stereocenters. The van der Waals surface area contributed by atoms with Gasteiger partial charge in [-0.05, 0) is 64.5 Å². The number of aryl methyl sites for hydroxylation is 1. The predicted octanol–water partition coefficient (Wildman–Crippen LogP) is 4.39.